The van der Waals surface area contributed by atoms with E-state index in [1.165, 1.54) is 31.2 Å². The first-order valence-corrected chi connectivity index (χ1v) is 9.90. The van der Waals surface area contributed by atoms with Gasteiger partial charge < -0.3 is 10.4 Å². The number of benzene rings is 1. The minimum Gasteiger partial charge on any atom is -0.384 e. The smallest absolute Gasteiger partial charge is 0.233 e. The van der Waals surface area contributed by atoms with Crippen molar-refractivity contribution in [3.8, 4) is 0 Å². The molecule has 2 N–H and O–H groups in total. The number of aliphatic hydroxyl groups is 1. The predicted octanol–water partition coefficient (Wildman–Crippen LogP) is 2.94. The molecule has 0 aliphatic heterocycles. The zero-order chi connectivity index (χ0) is 18.0. The molecule has 24 heavy (non-hydrogen) atoms. The van der Waals surface area contributed by atoms with Crippen molar-refractivity contribution in [2.75, 3.05) is 5.32 Å². The first-order valence-electron chi connectivity index (χ1n) is 7.54. The van der Waals surface area contributed by atoms with E-state index in [1.807, 2.05) is 13.8 Å². The molecule has 0 spiro atoms. The molecule has 0 fully saturated rings. The lowest BCUT2D eigenvalue weighted by Gasteiger charge is -2.22. The Morgan fingerprint density at radius 2 is 1.83 bits per heavy atom. The summed E-state index contributed by atoms with van der Waals surface area (Å²) < 4.78 is 25.3. The standard InChI is InChI=1S/C16H20N2O4S2/c1-4-16(20,5-2)14-10-23-15(18-14)24(21,22)13-8-6-12(7-9-13)17-11(3)19/h6-10,20H,4-5H2,1-3H3,(H,17,19). The maximum Gasteiger partial charge on any atom is 0.233 e. The van der Waals surface area contributed by atoms with Crippen LogP contribution in [0.25, 0.3) is 0 Å². The number of nitrogens with zero attached hydrogens (tertiary/aromatic N) is 1. The third kappa shape index (κ3) is 3.66. The number of carbonyl (C=O) groups excluding carboxylic acids is 1. The van der Waals surface area contributed by atoms with E-state index in [0.29, 0.717) is 24.2 Å². The molecule has 0 radical (unpaired) electrons. The number of hydrogen-bond donors (Lipinski definition) is 2. The molecule has 0 aliphatic carbocycles. The van der Waals surface area contributed by atoms with Gasteiger partial charge in [0.15, 0.2) is 0 Å². The second-order valence-electron chi connectivity index (χ2n) is 5.45. The lowest BCUT2D eigenvalue weighted by atomic mass is 9.94. The summed E-state index contributed by atoms with van der Waals surface area (Å²) in [7, 11) is -3.76. The van der Waals surface area contributed by atoms with Crippen LogP contribution in [0.15, 0.2) is 38.9 Å². The summed E-state index contributed by atoms with van der Waals surface area (Å²) in [6, 6.07) is 5.90. The monoisotopic (exact) mass is 368 g/mol. The van der Waals surface area contributed by atoms with Gasteiger partial charge in [-0.3, -0.25) is 4.79 Å². The van der Waals surface area contributed by atoms with Gasteiger partial charge in [0.2, 0.25) is 20.1 Å². The minimum absolute atomic E-state index is 0.0508. The average Bonchev–Trinajstić information content (AvgIpc) is 3.05. The second-order valence-corrected chi connectivity index (χ2v) is 8.43. The van der Waals surface area contributed by atoms with Crippen molar-refractivity contribution in [3.05, 3.63) is 35.3 Å². The number of rotatable bonds is 6. The van der Waals surface area contributed by atoms with Crippen LogP contribution in [-0.2, 0) is 20.2 Å². The van der Waals surface area contributed by atoms with Crippen LogP contribution >= 0.6 is 11.3 Å². The van der Waals surface area contributed by atoms with Gasteiger partial charge in [0.05, 0.1) is 10.6 Å². The van der Waals surface area contributed by atoms with E-state index in [-0.39, 0.29) is 15.1 Å². The number of anilines is 1. The van der Waals surface area contributed by atoms with E-state index in [0.717, 1.165) is 11.3 Å². The fourth-order valence-electron chi connectivity index (χ4n) is 2.23. The molecule has 0 saturated heterocycles. The molecule has 6 nitrogen and oxygen atoms in total. The number of carbonyl (C=O) groups is 1. The second kappa shape index (κ2) is 7.00. The quantitative estimate of drug-likeness (QED) is 0.817. The zero-order valence-corrected chi connectivity index (χ0v) is 15.4. The van der Waals surface area contributed by atoms with E-state index in [4.69, 9.17) is 0 Å². The highest BCUT2D eigenvalue weighted by molar-refractivity contribution is 7.93. The van der Waals surface area contributed by atoms with E-state index in [2.05, 4.69) is 10.3 Å². The number of thiazole rings is 1. The van der Waals surface area contributed by atoms with Crippen LogP contribution in [0.1, 0.15) is 39.3 Å². The molecule has 2 rings (SSSR count). The Hall–Kier alpha value is -1.77. The van der Waals surface area contributed by atoms with Crippen LogP contribution in [0.5, 0.6) is 0 Å². The molecular formula is C16H20N2O4S2. The highest BCUT2D eigenvalue weighted by atomic mass is 32.2. The zero-order valence-electron chi connectivity index (χ0n) is 13.7. The van der Waals surface area contributed by atoms with Gasteiger partial charge in [0.1, 0.15) is 5.60 Å². The van der Waals surface area contributed by atoms with E-state index < -0.39 is 15.4 Å². The molecular weight excluding hydrogens is 348 g/mol. The summed E-state index contributed by atoms with van der Waals surface area (Å²) in [5.41, 5.74) is -0.210. The molecule has 0 saturated carbocycles. The molecule has 1 amide bonds. The van der Waals surface area contributed by atoms with Crippen molar-refractivity contribution in [3.63, 3.8) is 0 Å². The lowest BCUT2D eigenvalue weighted by Crippen LogP contribution is -2.24. The molecule has 1 aromatic heterocycles. The summed E-state index contributed by atoms with van der Waals surface area (Å²) in [4.78, 5) is 15.3. The topological polar surface area (TPSA) is 96.4 Å². The third-order valence-corrected chi connectivity index (χ3v) is 6.87. The highest BCUT2D eigenvalue weighted by Crippen LogP contribution is 2.32. The van der Waals surface area contributed by atoms with Crippen molar-refractivity contribution in [2.45, 2.75) is 48.4 Å². The maximum absolute atomic E-state index is 12.7. The van der Waals surface area contributed by atoms with Crippen molar-refractivity contribution in [2.24, 2.45) is 0 Å². The highest BCUT2D eigenvalue weighted by Gasteiger charge is 2.30. The lowest BCUT2D eigenvalue weighted by molar-refractivity contribution is -0.114. The Balaban J connectivity index is 2.34. The van der Waals surface area contributed by atoms with Crippen molar-refractivity contribution >= 4 is 32.8 Å². The van der Waals surface area contributed by atoms with Gasteiger partial charge in [0, 0.05) is 18.0 Å². The van der Waals surface area contributed by atoms with E-state index >= 15 is 0 Å². The molecule has 0 atom stereocenters. The van der Waals surface area contributed by atoms with Crippen LogP contribution in [0, 0.1) is 0 Å². The largest absolute Gasteiger partial charge is 0.384 e. The Bertz CT molecular complexity index is 822. The summed E-state index contributed by atoms with van der Waals surface area (Å²) in [5.74, 6) is -0.228. The number of amides is 1. The fourth-order valence-corrected chi connectivity index (χ4v) is 4.72. The number of sulfone groups is 1. The van der Waals surface area contributed by atoms with Crippen molar-refractivity contribution in [1.82, 2.24) is 4.98 Å². The van der Waals surface area contributed by atoms with E-state index in [1.54, 1.807) is 5.38 Å². The molecule has 1 aromatic carbocycles. The average molecular weight is 368 g/mol. The molecule has 8 heteroatoms. The molecule has 0 aliphatic rings. The summed E-state index contributed by atoms with van der Waals surface area (Å²) >= 11 is 0.995. The molecule has 1 heterocycles. The van der Waals surface area contributed by atoms with Crippen LogP contribution in [0.3, 0.4) is 0 Å². The van der Waals surface area contributed by atoms with Gasteiger partial charge in [-0.15, -0.1) is 11.3 Å². The fraction of sp³-hybridized carbons (Fsp3) is 0.375. The first-order chi connectivity index (χ1) is 11.2. The summed E-state index contributed by atoms with van der Waals surface area (Å²) in [5, 5.41) is 14.7. The number of hydrogen-bond acceptors (Lipinski definition) is 6. The third-order valence-electron chi connectivity index (χ3n) is 3.84. The van der Waals surface area contributed by atoms with Gasteiger partial charge in [-0.05, 0) is 37.1 Å². The normalized spacial score (nSPS) is 12.2. The number of nitrogens with one attached hydrogen (secondary N) is 1. The van der Waals surface area contributed by atoms with Crippen LogP contribution in [-0.4, -0.2) is 24.4 Å². The van der Waals surface area contributed by atoms with Crippen LogP contribution in [0.2, 0.25) is 0 Å². The minimum atomic E-state index is -3.76. The van der Waals surface area contributed by atoms with E-state index in [9.17, 15) is 18.3 Å². The predicted molar refractivity (Wildman–Crippen MR) is 92.8 cm³/mol. The SMILES string of the molecule is CCC(O)(CC)c1csc(S(=O)(=O)c2ccc(NC(C)=O)cc2)n1. The Labute approximate surface area is 145 Å². The van der Waals surface area contributed by atoms with Gasteiger partial charge in [-0.1, -0.05) is 13.8 Å². The van der Waals surface area contributed by atoms with Gasteiger partial charge >= 0.3 is 0 Å². The van der Waals surface area contributed by atoms with Crippen molar-refractivity contribution < 1.29 is 18.3 Å². The maximum atomic E-state index is 12.7. The number of aromatic nitrogens is 1. The van der Waals surface area contributed by atoms with Crippen LogP contribution in [0.4, 0.5) is 5.69 Å². The van der Waals surface area contributed by atoms with Crippen molar-refractivity contribution in [1.29, 1.82) is 0 Å². The van der Waals surface area contributed by atoms with Gasteiger partial charge in [-0.25, -0.2) is 13.4 Å². The summed E-state index contributed by atoms with van der Waals surface area (Å²) in [6.45, 7) is 5.04. The Morgan fingerprint density at radius 1 is 1.25 bits per heavy atom. The molecule has 0 bridgehead atoms. The first kappa shape index (κ1) is 18.6. The van der Waals surface area contributed by atoms with Gasteiger partial charge in [-0.2, -0.15) is 0 Å². The van der Waals surface area contributed by atoms with Gasteiger partial charge in [0.25, 0.3) is 0 Å². The Kier molecular flexibility index (Phi) is 5.42. The summed E-state index contributed by atoms with van der Waals surface area (Å²) in [6.07, 6.45) is 0.913. The Morgan fingerprint density at radius 3 is 2.33 bits per heavy atom. The molecule has 2 aromatic rings. The molecule has 0 unspecified atom stereocenters. The van der Waals surface area contributed by atoms with Crippen LogP contribution < -0.4 is 5.32 Å². The molecule has 130 valence electrons.